The van der Waals surface area contributed by atoms with Gasteiger partial charge in [0, 0.05) is 22.8 Å². The molecule has 0 spiro atoms. The second-order valence-electron chi connectivity index (χ2n) is 3.78. The van der Waals surface area contributed by atoms with Crippen LogP contribution >= 0.6 is 0 Å². The molecule has 0 saturated heterocycles. The molecule has 0 atom stereocenters. The Bertz CT molecular complexity index is 590. The third kappa shape index (κ3) is 1.84. The summed E-state index contributed by atoms with van der Waals surface area (Å²) < 4.78 is 4.86. The fourth-order valence-corrected chi connectivity index (χ4v) is 1.63. The molecule has 0 saturated carbocycles. The van der Waals surface area contributed by atoms with Crippen LogP contribution in [0.3, 0.4) is 0 Å². The van der Waals surface area contributed by atoms with Crippen LogP contribution in [-0.2, 0) is 0 Å². The summed E-state index contributed by atoms with van der Waals surface area (Å²) in [6.45, 7) is 3.47. The lowest BCUT2D eigenvalue weighted by atomic mass is 10.0. The van der Waals surface area contributed by atoms with E-state index in [0.717, 1.165) is 11.1 Å². The number of nitrogens with zero attached hydrogens (tertiary/aromatic N) is 2. The van der Waals surface area contributed by atoms with Crippen LogP contribution in [0.2, 0.25) is 0 Å². The van der Waals surface area contributed by atoms with Crippen LogP contribution in [0.4, 0.5) is 11.6 Å². The van der Waals surface area contributed by atoms with Gasteiger partial charge in [0.25, 0.3) is 5.69 Å². The van der Waals surface area contributed by atoms with Crippen molar-refractivity contribution in [1.82, 2.24) is 5.16 Å². The molecule has 1 aromatic carbocycles. The van der Waals surface area contributed by atoms with Gasteiger partial charge in [-0.05, 0) is 26.0 Å². The van der Waals surface area contributed by atoms with E-state index in [1.807, 2.05) is 0 Å². The van der Waals surface area contributed by atoms with Gasteiger partial charge in [0.15, 0.2) is 0 Å². The summed E-state index contributed by atoms with van der Waals surface area (Å²) in [7, 11) is 0. The predicted molar refractivity (Wildman–Crippen MR) is 62.5 cm³/mol. The molecule has 2 N–H and O–H groups in total. The Morgan fingerprint density at radius 2 is 2.12 bits per heavy atom. The Hall–Kier alpha value is -2.37. The minimum Gasteiger partial charge on any atom is -0.367 e. The van der Waals surface area contributed by atoms with E-state index in [1.165, 1.54) is 6.07 Å². The molecule has 0 aliphatic heterocycles. The molecule has 1 heterocycles. The standard InChI is InChI=1S/C11H11N3O3/c1-6-5-8(3-4-9(6)14(15)16)10-7(2)11(12)17-13-10/h3-5H,12H2,1-2H3. The van der Waals surface area contributed by atoms with E-state index in [1.54, 1.807) is 26.0 Å². The van der Waals surface area contributed by atoms with Crippen molar-refractivity contribution in [2.75, 3.05) is 5.73 Å². The minimum atomic E-state index is -0.414. The Kier molecular flexibility index (Phi) is 2.55. The first-order valence-electron chi connectivity index (χ1n) is 4.98. The van der Waals surface area contributed by atoms with Crippen LogP contribution in [0.5, 0.6) is 0 Å². The summed E-state index contributed by atoms with van der Waals surface area (Å²) in [6.07, 6.45) is 0. The van der Waals surface area contributed by atoms with Crippen LogP contribution in [-0.4, -0.2) is 10.1 Å². The number of anilines is 1. The molecule has 17 heavy (non-hydrogen) atoms. The first-order valence-corrected chi connectivity index (χ1v) is 4.98. The average Bonchev–Trinajstić information content (AvgIpc) is 2.59. The van der Waals surface area contributed by atoms with E-state index in [9.17, 15) is 10.1 Å². The zero-order valence-corrected chi connectivity index (χ0v) is 9.43. The summed E-state index contributed by atoms with van der Waals surface area (Å²) >= 11 is 0. The van der Waals surface area contributed by atoms with Gasteiger partial charge in [-0.25, -0.2) is 0 Å². The lowest BCUT2D eigenvalue weighted by molar-refractivity contribution is -0.385. The molecule has 0 aliphatic rings. The van der Waals surface area contributed by atoms with E-state index >= 15 is 0 Å². The fourth-order valence-electron chi connectivity index (χ4n) is 1.63. The maximum Gasteiger partial charge on any atom is 0.272 e. The molecule has 0 bridgehead atoms. The van der Waals surface area contributed by atoms with Crippen LogP contribution in [0.15, 0.2) is 22.7 Å². The molecule has 6 heteroatoms. The van der Waals surface area contributed by atoms with Crippen LogP contribution in [0, 0.1) is 24.0 Å². The van der Waals surface area contributed by atoms with E-state index < -0.39 is 4.92 Å². The highest BCUT2D eigenvalue weighted by Gasteiger charge is 2.15. The SMILES string of the molecule is Cc1cc(-c2noc(N)c2C)ccc1[N+](=O)[O-]. The van der Waals surface area contributed by atoms with Gasteiger partial charge >= 0.3 is 0 Å². The van der Waals surface area contributed by atoms with Crippen molar-refractivity contribution >= 4 is 11.6 Å². The van der Waals surface area contributed by atoms with Gasteiger partial charge in [-0.3, -0.25) is 10.1 Å². The van der Waals surface area contributed by atoms with E-state index in [-0.39, 0.29) is 11.6 Å². The van der Waals surface area contributed by atoms with Crippen LogP contribution in [0.1, 0.15) is 11.1 Å². The zero-order valence-electron chi connectivity index (χ0n) is 9.43. The molecule has 0 radical (unpaired) electrons. The van der Waals surface area contributed by atoms with Crippen molar-refractivity contribution < 1.29 is 9.45 Å². The average molecular weight is 233 g/mol. The van der Waals surface area contributed by atoms with Crippen molar-refractivity contribution in [3.05, 3.63) is 39.4 Å². The molecule has 88 valence electrons. The Morgan fingerprint density at radius 3 is 2.59 bits per heavy atom. The monoisotopic (exact) mass is 233 g/mol. The van der Waals surface area contributed by atoms with Gasteiger partial charge in [0.2, 0.25) is 5.88 Å². The van der Waals surface area contributed by atoms with E-state index in [2.05, 4.69) is 5.16 Å². The van der Waals surface area contributed by atoms with Gasteiger partial charge in [0.1, 0.15) is 5.69 Å². The second kappa shape index (κ2) is 3.89. The summed E-state index contributed by atoms with van der Waals surface area (Å²) in [5.41, 5.74) is 8.32. The smallest absolute Gasteiger partial charge is 0.272 e. The number of nitro benzene ring substituents is 1. The van der Waals surface area contributed by atoms with Crippen LogP contribution < -0.4 is 5.73 Å². The highest BCUT2D eigenvalue weighted by Crippen LogP contribution is 2.29. The fraction of sp³-hybridized carbons (Fsp3) is 0.182. The highest BCUT2D eigenvalue weighted by atomic mass is 16.6. The molecule has 0 amide bonds. The molecule has 1 aromatic heterocycles. The first-order chi connectivity index (χ1) is 8.00. The molecule has 0 unspecified atom stereocenters. The predicted octanol–water partition coefficient (Wildman–Crippen LogP) is 2.45. The summed E-state index contributed by atoms with van der Waals surface area (Å²) in [5.74, 6) is 0.260. The van der Waals surface area contributed by atoms with Crippen molar-refractivity contribution in [2.24, 2.45) is 0 Å². The van der Waals surface area contributed by atoms with Gasteiger partial charge < -0.3 is 10.3 Å². The largest absolute Gasteiger partial charge is 0.367 e. The van der Waals surface area contributed by atoms with Crippen molar-refractivity contribution in [1.29, 1.82) is 0 Å². The number of aromatic nitrogens is 1. The minimum absolute atomic E-state index is 0.0860. The lowest BCUT2D eigenvalue weighted by Crippen LogP contribution is -1.92. The van der Waals surface area contributed by atoms with Crippen molar-refractivity contribution in [3.63, 3.8) is 0 Å². The van der Waals surface area contributed by atoms with Gasteiger partial charge in [-0.2, -0.15) is 0 Å². The summed E-state index contributed by atoms with van der Waals surface area (Å²) in [6, 6.07) is 4.78. The zero-order chi connectivity index (χ0) is 12.6. The third-order valence-electron chi connectivity index (χ3n) is 2.63. The van der Waals surface area contributed by atoms with Gasteiger partial charge in [0.05, 0.1) is 4.92 Å². The molecule has 0 fully saturated rings. The Labute approximate surface area is 97.2 Å². The maximum absolute atomic E-state index is 10.7. The lowest BCUT2D eigenvalue weighted by Gasteiger charge is -2.00. The summed E-state index contributed by atoms with van der Waals surface area (Å²) in [4.78, 5) is 10.3. The molecule has 2 rings (SSSR count). The number of hydrogen-bond donors (Lipinski definition) is 1. The molecule has 0 aliphatic carbocycles. The topological polar surface area (TPSA) is 95.2 Å². The summed E-state index contributed by atoms with van der Waals surface area (Å²) in [5, 5.41) is 14.5. The number of nitro groups is 1. The number of rotatable bonds is 2. The molecular weight excluding hydrogens is 222 g/mol. The quantitative estimate of drug-likeness (QED) is 0.634. The number of nitrogen functional groups attached to an aromatic ring is 1. The molecular formula is C11H11N3O3. The number of benzene rings is 1. The number of nitrogens with two attached hydrogens (primary N) is 1. The number of aryl methyl sites for hydroxylation is 1. The number of hydrogen-bond acceptors (Lipinski definition) is 5. The third-order valence-corrected chi connectivity index (χ3v) is 2.63. The van der Waals surface area contributed by atoms with Crippen LogP contribution in [0.25, 0.3) is 11.3 Å². The van der Waals surface area contributed by atoms with E-state index in [0.29, 0.717) is 11.3 Å². The molecule has 2 aromatic rings. The van der Waals surface area contributed by atoms with Gasteiger partial charge in [-0.15, -0.1) is 0 Å². The first kappa shape index (κ1) is 11.1. The van der Waals surface area contributed by atoms with Gasteiger partial charge in [-0.1, -0.05) is 5.16 Å². The Balaban J connectivity index is 2.52. The highest BCUT2D eigenvalue weighted by molar-refractivity contribution is 5.68. The maximum atomic E-state index is 10.7. The Morgan fingerprint density at radius 1 is 1.41 bits per heavy atom. The second-order valence-corrected chi connectivity index (χ2v) is 3.78. The van der Waals surface area contributed by atoms with Crippen molar-refractivity contribution in [2.45, 2.75) is 13.8 Å². The normalized spacial score (nSPS) is 10.5. The molecule has 6 nitrogen and oxygen atoms in total. The van der Waals surface area contributed by atoms with E-state index in [4.69, 9.17) is 10.3 Å². The van der Waals surface area contributed by atoms with Crippen molar-refractivity contribution in [3.8, 4) is 11.3 Å².